The number of halogens is 1. The van der Waals surface area contributed by atoms with Gasteiger partial charge in [-0.3, -0.25) is 4.79 Å². The van der Waals surface area contributed by atoms with Crippen molar-refractivity contribution in [3.05, 3.63) is 70.7 Å². The fourth-order valence-corrected chi connectivity index (χ4v) is 4.94. The minimum atomic E-state index is -0.0178. The van der Waals surface area contributed by atoms with E-state index in [1.54, 1.807) is 24.3 Å². The standard InChI is InChI=1S/C25H28ClN3O2S/c1-18(2)16-29(24(30)20-8-10-21(26)11-9-20)17-22-23(19-6-4-3-5-7-19)27-31-25(22)28-12-14-32-15-13-28/h3-11,18H,12-17H2,1-2H3. The second kappa shape index (κ2) is 10.5. The van der Waals surface area contributed by atoms with Gasteiger partial charge < -0.3 is 14.3 Å². The van der Waals surface area contributed by atoms with E-state index in [9.17, 15) is 4.79 Å². The second-order valence-electron chi connectivity index (χ2n) is 8.37. The number of thioether (sulfide) groups is 1. The molecule has 1 saturated heterocycles. The van der Waals surface area contributed by atoms with Crippen LogP contribution in [-0.4, -0.2) is 47.1 Å². The average Bonchev–Trinajstić information content (AvgIpc) is 3.23. The summed E-state index contributed by atoms with van der Waals surface area (Å²) in [6.07, 6.45) is 0. The second-order valence-corrected chi connectivity index (χ2v) is 10.0. The van der Waals surface area contributed by atoms with Crippen molar-refractivity contribution in [1.82, 2.24) is 10.1 Å². The molecule has 0 atom stereocenters. The predicted octanol–water partition coefficient (Wildman–Crippen LogP) is 5.85. The average molecular weight is 470 g/mol. The third-order valence-corrected chi connectivity index (χ3v) is 6.62. The van der Waals surface area contributed by atoms with Crippen molar-refractivity contribution in [2.75, 3.05) is 36.0 Å². The van der Waals surface area contributed by atoms with Crippen molar-refractivity contribution in [3.8, 4) is 11.3 Å². The largest absolute Gasteiger partial charge is 0.339 e. The lowest BCUT2D eigenvalue weighted by Gasteiger charge is -2.29. The Morgan fingerprint density at radius 1 is 1.12 bits per heavy atom. The van der Waals surface area contributed by atoms with E-state index in [1.165, 1.54) is 0 Å². The Balaban J connectivity index is 1.72. The number of nitrogens with zero attached hydrogens (tertiary/aromatic N) is 3. The first-order valence-electron chi connectivity index (χ1n) is 10.9. The quantitative estimate of drug-likeness (QED) is 0.434. The molecule has 0 N–H and O–H groups in total. The normalized spacial score (nSPS) is 14.1. The van der Waals surface area contributed by atoms with Crippen LogP contribution in [0.25, 0.3) is 11.3 Å². The van der Waals surface area contributed by atoms with Crippen LogP contribution >= 0.6 is 23.4 Å². The van der Waals surface area contributed by atoms with Crippen molar-refractivity contribution in [2.24, 2.45) is 5.92 Å². The van der Waals surface area contributed by atoms with E-state index in [0.717, 1.165) is 47.3 Å². The Morgan fingerprint density at radius 2 is 1.81 bits per heavy atom. The fraction of sp³-hybridized carbons (Fsp3) is 0.360. The maximum absolute atomic E-state index is 13.5. The summed E-state index contributed by atoms with van der Waals surface area (Å²) in [7, 11) is 0. The molecule has 5 nitrogen and oxygen atoms in total. The first-order valence-corrected chi connectivity index (χ1v) is 12.5. The zero-order valence-corrected chi connectivity index (χ0v) is 20.0. The molecule has 0 unspecified atom stereocenters. The van der Waals surface area contributed by atoms with Gasteiger partial charge in [-0.05, 0) is 30.2 Å². The molecular formula is C25H28ClN3O2S. The third-order valence-electron chi connectivity index (χ3n) is 5.43. The molecule has 168 valence electrons. The molecule has 0 saturated carbocycles. The summed E-state index contributed by atoms with van der Waals surface area (Å²) in [5.74, 6) is 3.19. The van der Waals surface area contributed by atoms with E-state index in [0.29, 0.717) is 29.6 Å². The molecule has 0 aliphatic carbocycles. The minimum Gasteiger partial charge on any atom is -0.339 e. The van der Waals surface area contributed by atoms with Gasteiger partial charge >= 0.3 is 0 Å². The van der Waals surface area contributed by atoms with Crippen LogP contribution in [0.1, 0.15) is 29.8 Å². The maximum Gasteiger partial charge on any atom is 0.254 e. The van der Waals surface area contributed by atoms with Crippen LogP contribution in [0.4, 0.5) is 5.88 Å². The number of carbonyl (C=O) groups excluding carboxylic acids is 1. The first kappa shape index (κ1) is 22.7. The number of rotatable bonds is 7. The Morgan fingerprint density at radius 3 is 2.47 bits per heavy atom. The lowest BCUT2D eigenvalue weighted by Crippen LogP contribution is -2.36. The molecule has 1 aliphatic heterocycles. The SMILES string of the molecule is CC(C)CN(Cc1c(-c2ccccc2)noc1N1CCSCC1)C(=O)c1ccc(Cl)cc1. The number of aromatic nitrogens is 1. The molecule has 0 bridgehead atoms. The summed E-state index contributed by atoms with van der Waals surface area (Å²) in [5, 5.41) is 5.08. The smallest absolute Gasteiger partial charge is 0.254 e. The summed E-state index contributed by atoms with van der Waals surface area (Å²) >= 11 is 7.99. The van der Waals surface area contributed by atoms with E-state index < -0.39 is 0 Å². The molecule has 1 aromatic heterocycles. The summed E-state index contributed by atoms with van der Waals surface area (Å²) < 4.78 is 5.91. The van der Waals surface area contributed by atoms with Crippen molar-refractivity contribution in [2.45, 2.75) is 20.4 Å². The zero-order valence-electron chi connectivity index (χ0n) is 18.5. The molecule has 0 spiro atoms. The van der Waals surface area contributed by atoms with Crippen LogP contribution in [0.3, 0.4) is 0 Å². The molecule has 3 aromatic rings. The molecule has 1 fully saturated rings. The van der Waals surface area contributed by atoms with Gasteiger partial charge in [0, 0.05) is 47.3 Å². The molecule has 2 aromatic carbocycles. The van der Waals surface area contributed by atoms with Gasteiger partial charge in [0.05, 0.1) is 12.1 Å². The van der Waals surface area contributed by atoms with Gasteiger partial charge in [-0.1, -0.05) is 60.9 Å². The molecule has 0 radical (unpaired) electrons. The Kier molecular flexibility index (Phi) is 7.43. The highest BCUT2D eigenvalue weighted by Gasteiger charge is 2.27. The minimum absolute atomic E-state index is 0.0178. The fourth-order valence-electron chi connectivity index (χ4n) is 3.91. The van der Waals surface area contributed by atoms with Gasteiger partial charge in [-0.25, -0.2) is 0 Å². The van der Waals surface area contributed by atoms with E-state index in [-0.39, 0.29) is 5.91 Å². The van der Waals surface area contributed by atoms with Gasteiger partial charge in [0.1, 0.15) is 5.69 Å². The molecule has 4 rings (SSSR count). The summed E-state index contributed by atoms with van der Waals surface area (Å²) in [5.41, 5.74) is 3.39. The van der Waals surface area contributed by atoms with E-state index in [1.807, 2.05) is 47.0 Å². The van der Waals surface area contributed by atoms with Gasteiger partial charge in [0.2, 0.25) is 5.88 Å². The van der Waals surface area contributed by atoms with Crippen molar-refractivity contribution >= 4 is 35.2 Å². The number of carbonyl (C=O) groups is 1. The highest BCUT2D eigenvalue weighted by atomic mass is 35.5. The number of anilines is 1. The van der Waals surface area contributed by atoms with Gasteiger partial charge in [-0.2, -0.15) is 11.8 Å². The highest BCUT2D eigenvalue weighted by Crippen LogP contribution is 2.34. The Labute approximate surface area is 198 Å². The molecular weight excluding hydrogens is 442 g/mol. The zero-order chi connectivity index (χ0) is 22.5. The topological polar surface area (TPSA) is 49.6 Å². The van der Waals surface area contributed by atoms with Crippen LogP contribution in [0.5, 0.6) is 0 Å². The van der Waals surface area contributed by atoms with Crippen LogP contribution in [0.15, 0.2) is 59.1 Å². The highest BCUT2D eigenvalue weighted by molar-refractivity contribution is 7.99. The van der Waals surface area contributed by atoms with E-state index in [2.05, 4.69) is 23.9 Å². The van der Waals surface area contributed by atoms with Crippen LogP contribution < -0.4 is 4.90 Å². The van der Waals surface area contributed by atoms with Crippen molar-refractivity contribution in [3.63, 3.8) is 0 Å². The molecule has 2 heterocycles. The molecule has 1 amide bonds. The summed E-state index contributed by atoms with van der Waals surface area (Å²) in [6, 6.07) is 17.1. The van der Waals surface area contributed by atoms with Crippen molar-refractivity contribution < 1.29 is 9.32 Å². The number of hydrogen-bond donors (Lipinski definition) is 0. The van der Waals surface area contributed by atoms with Crippen LogP contribution in [-0.2, 0) is 6.54 Å². The van der Waals surface area contributed by atoms with Crippen molar-refractivity contribution in [1.29, 1.82) is 0 Å². The monoisotopic (exact) mass is 469 g/mol. The molecule has 32 heavy (non-hydrogen) atoms. The predicted molar refractivity (Wildman–Crippen MR) is 133 cm³/mol. The van der Waals surface area contributed by atoms with Gasteiger partial charge in [0.15, 0.2) is 0 Å². The Hall–Kier alpha value is -2.44. The van der Waals surface area contributed by atoms with E-state index >= 15 is 0 Å². The maximum atomic E-state index is 13.5. The molecule has 1 aliphatic rings. The van der Waals surface area contributed by atoms with Crippen LogP contribution in [0.2, 0.25) is 5.02 Å². The van der Waals surface area contributed by atoms with Gasteiger partial charge in [-0.15, -0.1) is 0 Å². The van der Waals surface area contributed by atoms with Gasteiger partial charge in [0.25, 0.3) is 5.91 Å². The lowest BCUT2D eigenvalue weighted by molar-refractivity contribution is 0.0723. The third kappa shape index (κ3) is 5.30. The summed E-state index contributed by atoms with van der Waals surface area (Å²) in [6.45, 7) is 7.14. The molecule has 7 heteroatoms. The number of benzene rings is 2. The lowest BCUT2D eigenvalue weighted by atomic mass is 10.1. The first-order chi connectivity index (χ1) is 15.5. The Bertz CT molecular complexity index is 1030. The number of amides is 1. The number of hydrogen-bond acceptors (Lipinski definition) is 5. The van der Waals surface area contributed by atoms with E-state index in [4.69, 9.17) is 16.1 Å². The summed E-state index contributed by atoms with van der Waals surface area (Å²) in [4.78, 5) is 17.6. The van der Waals surface area contributed by atoms with Crippen LogP contribution in [0, 0.1) is 5.92 Å².